The van der Waals surface area contributed by atoms with Crippen LogP contribution in [-0.4, -0.2) is 62.6 Å². The average Bonchev–Trinajstić information content (AvgIpc) is 2.76. The molecule has 2 N–H and O–H groups in total. The molecule has 0 aliphatic carbocycles. The molecule has 3 rings (SSSR count). The number of piperazine rings is 1. The van der Waals surface area contributed by atoms with Gasteiger partial charge in [-0.15, -0.1) is 0 Å². The van der Waals surface area contributed by atoms with Crippen molar-refractivity contribution in [2.75, 3.05) is 56.1 Å². The van der Waals surface area contributed by atoms with E-state index in [1.54, 1.807) is 0 Å². The maximum Gasteiger partial charge on any atom is 0.221 e. The van der Waals surface area contributed by atoms with Gasteiger partial charge < -0.3 is 25.2 Å². The van der Waals surface area contributed by atoms with E-state index in [2.05, 4.69) is 51.6 Å². The molecule has 0 atom stereocenters. The number of nitrogens with zero attached hydrogens (tertiary/aromatic N) is 3. The molecule has 0 spiro atoms. The highest BCUT2D eigenvalue weighted by Gasteiger charge is 2.19. The lowest BCUT2D eigenvalue weighted by Crippen LogP contribution is -2.52. The number of para-hydroxylation sites is 1. The zero-order valence-electron chi connectivity index (χ0n) is 17.8. The van der Waals surface area contributed by atoms with E-state index >= 15 is 0 Å². The summed E-state index contributed by atoms with van der Waals surface area (Å²) in [5.74, 6) is 1.55. The van der Waals surface area contributed by atoms with E-state index in [0.717, 1.165) is 50.1 Å². The van der Waals surface area contributed by atoms with Gasteiger partial charge >= 0.3 is 0 Å². The van der Waals surface area contributed by atoms with Gasteiger partial charge in [-0.25, -0.2) is 4.99 Å². The zero-order chi connectivity index (χ0) is 21.2. The Morgan fingerprint density at radius 1 is 1.07 bits per heavy atom. The minimum atomic E-state index is -0.0978. The largest absolute Gasteiger partial charge is 0.492 e. The minimum Gasteiger partial charge on any atom is -0.492 e. The Hall–Kier alpha value is -3.22. The van der Waals surface area contributed by atoms with Gasteiger partial charge in [-0.3, -0.25) is 4.79 Å². The number of carbonyl (C=O) groups is 1. The minimum absolute atomic E-state index is 0.0978. The number of amides is 1. The Labute approximate surface area is 178 Å². The van der Waals surface area contributed by atoms with E-state index in [4.69, 9.17) is 9.73 Å². The molecule has 1 aliphatic rings. The number of rotatable bonds is 7. The van der Waals surface area contributed by atoms with Crippen molar-refractivity contribution in [1.82, 2.24) is 10.2 Å². The SMILES string of the molecule is CCNC(=NCCOc1cccc(NC(C)=O)c1)N1CCN(c2ccccc2)CC1. The Morgan fingerprint density at radius 2 is 1.83 bits per heavy atom. The van der Waals surface area contributed by atoms with Gasteiger partial charge in [0.1, 0.15) is 12.4 Å². The van der Waals surface area contributed by atoms with Crippen LogP contribution in [0.5, 0.6) is 5.75 Å². The number of aliphatic imine (C=N–C) groups is 1. The first-order valence-corrected chi connectivity index (χ1v) is 10.5. The number of hydrogen-bond acceptors (Lipinski definition) is 4. The van der Waals surface area contributed by atoms with Crippen LogP contribution in [0.2, 0.25) is 0 Å². The molecule has 1 saturated heterocycles. The van der Waals surface area contributed by atoms with Crippen molar-refractivity contribution in [3.63, 3.8) is 0 Å². The fraction of sp³-hybridized carbons (Fsp3) is 0.391. The van der Waals surface area contributed by atoms with Crippen molar-refractivity contribution < 1.29 is 9.53 Å². The number of nitrogens with one attached hydrogen (secondary N) is 2. The number of benzene rings is 2. The Morgan fingerprint density at radius 3 is 2.53 bits per heavy atom. The van der Waals surface area contributed by atoms with Crippen LogP contribution in [0, 0.1) is 0 Å². The Balaban J connectivity index is 1.50. The molecule has 2 aromatic rings. The Bertz CT molecular complexity index is 832. The van der Waals surface area contributed by atoms with Crippen LogP contribution in [-0.2, 0) is 4.79 Å². The molecule has 0 radical (unpaired) electrons. The van der Waals surface area contributed by atoms with Gasteiger partial charge in [-0.1, -0.05) is 24.3 Å². The summed E-state index contributed by atoms with van der Waals surface area (Å²) in [4.78, 5) is 20.6. The monoisotopic (exact) mass is 409 g/mol. The zero-order valence-corrected chi connectivity index (χ0v) is 17.8. The molecule has 1 fully saturated rings. The standard InChI is InChI=1S/C23H31N5O2/c1-3-24-23(28-15-13-27(14-16-28)21-9-5-4-6-10-21)25-12-17-30-22-11-7-8-20(18-22)26-19(2)29/h4-11,18H,3,12-17H2,1-2H3,(H,24,25)(H,26,29). The van der Waals surface area contributed by atoms with Gasteiger partial charge in [-0.05, 0) is 31.2 Å². The lowest BCUT2D eigenvalue weighted by Gasteiger charge is -2.37. The molecular formula is C23H31N5O2. The van der Waals surface area contributed by atoms with Gasteiger partial charge in [0, 0.05) is 57.1 Å². The topological polar surface area (TPSA) is 69.2 Å². The predicted molar refractivity (Wildman–Crippen MR) is 122 cm³/mol. The van der Waals surface area contributed by atoms with Gasteiger partial charge in [0.05, 0.1) is 6.54 Å². The predicted octanol–water partition coefficient (Wildman–Crippen LogP) is 2.81. The van der Waals surface area contributed by atoms with Gasteiger partial charge in [-0.2, -0.15) is 0 Å². The second-order valence-corrected chi connectivity index (χ2v) is 7.10. The van der Waals surface area contributed by atoms with Crippen molar-refractivity contribution in [1.29, 1.82) is 0 Å². The molecular weight excluding hydrogens is 378 g/mol. The fourth-order valence-corrected chi connectivity index (χ4v) is 3.42. The lowest BCUT2D eigenvalue weighted by atomic mass is 10.2. The summed E-state index contributed by atoms with van der Waals surface area (Å²) in [6.07, 6.45) is 0. The van der Waals surface area contributed by atoms with Crippen LogP contribution >= 0.6 is 0 Å². The van der Waals surface area contributed by atoms with Crippen molar-refractivity contribution in [3.05, 3.63) is 54.6 Å². The first-order chi connectivity index (χ1) is 14.7. The van der Waals surface area contributed by atoms with Crippen LogP contribution in [0.1, 0.15) is 13.8 Å². The third-order valence-electron chi connectivity index (χ3n) is 4.81. The van der Waals surface area contributed by atoms with E-state index < -0.39 is 0 Å². The van der Waals surface area contributed by atoms with E-state index in [9.17, 15) is 4.79 Å². The highest BCUT2D eigenvalue weighted by atomic mass is 16.5. The molecule has 7 nitrogen and oxygen atoms in total. The molecule has 30 heavy (non-hydrogen) atoms. The molecule has 0 saturated carbocycles. The van der Waals surface area contributed by atoms with Crippen molar-refractivity contribution >= 4 is 23.2 Å². The quantitative estimate of drug-likeness (QED) is 0.418. The van der Waals surface area contributed by atoms with Crippen molar-refractivity contribution in [3.8, 4) is 5.75 Å². The number of guanidine groups is 1. The maximum absolute atomic E-state index is 11.2. The lowest BCUT2D eigenvalue weighted by molar-refractivity contribution is -0.114. The number of carbonyl (C=O) groups excluding carboxylic acids is 1. The highest BCUT2D eigenvalue weighted by Crippen LogP contribution is 2.17. The molecule has 0 unspecified atom stereocenters. The first kappa shape index (κ1) is 21.5. The summed E-state index contributed by atoms with van der Waals surface area (Å²) >= 11 is 0. The summed E-state index contributed by atoms with van der Waals surface area (Å²) in [6, 6.07) is 17.9. The summed E-state index contributed by atoms with van der Waals surface area (Å²) in [5.41, 5.74) is 2.00. The van der Waals surface area contributed by atoms with E-state index in [1.807, 2.05) is 30.3 Å². The third kappa shape index (κ3) is 6.40. The molecule has 1 aliphatic heterocycles. The van der Waals surface area contributed by atoms with Crippen LogP contribution in [0.25, 0.3) is 0 Å². The van der Waals surface area contributed by atoms with E-state index in [0.29, 0.717) is 13.2 Å². The number of ether oxygens (including phenoxy) is 1. The van der Waals surface area contributed by atoms with E-state index in [1.165, 1.54) is 12.6 Å². The maximum atomic E-state index is 11.2. The fourth-order valence-electron chi connectivity index (χ4n) is 3.42. The average molecular weight is 410 g/mol. The number of anilines is 2. The summed E-state index contributed by atoms with van der Waals surface area (Å²) in [7, 11) is 0. The van der Waals surface area contributed by atoms with Crippen molar-refractivity contribution in [2.24, 2.45) is 4.99 Å². The molecule has 1 heterocycles. The van der Waals surface area contributed by atoms with Crippen LogP contribution in [0.3, 0.4) is 0 Å². The molecule has 1 amide bonds. The molecule has 2 aromatic carbocycles. The molecule has 0 bridgehead atoms. The second kappa shape index (κ2) is 11.1. The summed E-state index contributed by atoms with van der Waals surface area (Å²) in [6.45, 7) is 9.25. The molecule has 7 heteroatoms. The van der Waals surface area contributed by atoms with Crippen molar-refractivity contribution in [2.45, 2.75) is 13.8 Å². The van der Waals surface area contributed by atoms with Crippen LogP contribution < -0.4 is 20.3 Å². The van der Waals surface area contributed by atoms with Crippen LogP contribution in [0.15, 0.2) is 59.6 Å². The van der Waals surface area contributed by atoms with E-state index in [-0.39, 0.29) is 5.91 Å². The van der Waals surface area contributed by atoms with Crippen LogP contribution in [0.4, 0.5) is 11.4 Å². The highest BCUT2D eigenvalue weighted by molar-refractivity contribution is 5.88. The first-order valence-electron chi connectivity index (χ1n) is 10.5. The smallest absolute Gasteiger partial charge is 0.221 e. The van der Waals surface area contributed by atoms with Gasteiger partial charge in [0.25, 0.3) is 0 Å². The summed E-state index contributed by atoms with van der Waals surface area (Å²) in [5, 5.41) is 6.15. The molecule has 0 aromatic heterocycles. The normalized spacial score (nSPS) is 14.4. The summed E-state index contributed by atoms with van der Waals surface area (Å²) < 4.78 is 5.81. The second-order valence-electron chi connectivity index (χ2n) is 7.10. The number of hydrogen-bond donors (Lipinski definition) is 2. The van der Waals surface area contributed by atoms with Gasteiger partial charge in [0.15, 0.2) is 5.96 Å². The third-order valence-corrected chi connectivity index (χ3v) is 4.81. The molecule has 160 valence electrons. The van der Waals surface area contributed by atoms with Gasteiger partial charge in [0.2, 0.25) is 5.91 Å². The Kier molecular flexibility index (Phi) is 7.94.